The van der Waals surface area contributed by atoms with Crippen molar-refractivity contribution in [3.05, 3.63) is 0 Å². The molecule has 0 N–H and O–H groups in total. The van der Waals surface area contributed by atoms with E-state index >= 15 is 0 Å². The van der Waals surface area contributed by atoms with E-state index in [0.29, 0.717) is 0 Å². The summed E-state index contributed by atoms with van der Waals surface area (Å²) in [5, 5.41) is 0. The van der Waals surface area contributed by atoms with Gasteiger partial charge in [0.2, 0.25) is 0 Å². The SMILES string of the molecule is CO[Si](C)(O[Si](C)(C)C)O[Si](C)(C)C.C[Si](C)(C)O[Si](C)(F)O[Si](C)(C)C. The molecule has 0 aliphatic rings. The third-order valence-corrected chi connectivity index (χ3v) is 18.8. The molecule has 0 fully saturated rings. The minimum atomic E-state index is -3.35. The second kappa shape index (κ2) is 10.4. The van der Waals surface area contributed by atoms with Gasteiger partial charge in [-0.25, -0.2) is 4.11 Å². The van der Waals surface area contributed by atoms with E-state index in [4.69, 9.17) is 20.9 Å². The van der Waals surface area contributed by atoms with Crippen molar-refractivity contribution in [3.63, 3.8) is 0 Å². The lowest BCUT2D eigenvalue weighted by molar-refractivity contribution is 0.208. The summed E-state index contributed by atoms with van der Waals surface area (Å²) in [4.78, 5) is 0. The van der Waals surface area contributed by atoms with E-state index in [0.717, 1.165) is 0 Å². The zero-order chi connectivity index (χ0) is 22.5. The van der Waals surface area contributed by atoms with Gasteiger partial charge in [-0.05, 0) is 78.6 Å². The molecule has 0 rings (SSSR count). The summed E-state index contributed by atoms with van der Waals surface area (Å²) >= 11 is 0. The highest BCUT2D eigenvalue weighted by Crippen LogP contribution is 2.21. The first-order valence-corrected chi connectivity index (χ1v) is 27.5. The highest BCUT2D eigenvalue weighted by Gasteiger charge is 2.42. The molecule has 0 spiro atoms. The van der Waals surface area contributed by atoms with Crippen LogP contribution in [0.1, 0.15) is 0 Å². The molecule has 0 aromatic heterocycles. The molecule has 27 heavy (non-hydrogen) atoms. The number of halogens is 1. The first-order valence-electron chi connectivity index (χ1n) is 9.43. The topological polar surface area (TPSA) is 46.2 Å². The van der Waals surface area contributed by atoms with Crippen LogP contribution in [0.5, 0.6) is 0 Å². The Hall–Kier alpha value is 1.03. The Bertz CT molecular complexity index is 404. The van der Waals surface area contributed by atoms with Crippen LogP contribution in [-0.2, 0) is 20.9 Å². The summed E-state index contributed by atoms with van der Waals surface area (Å²) in [5.41, 5.74) is 0. The summed E-state index contributed by atoms with van der Waals surface area (Å²) in [6.45, 7) is 28.3. The van der Waals surface area contributed by atoms with E-state index < -0.39 is 51.0 Å². The average Bonchev–Trinajstić information content (AvgIpc) is 2.16. The Kier molecular flexibility index (Phi) is 11.6. The standard InChI is InChI=1S/C8H24O3Si3.C7H21FO2Si3/c1-9-14(8,10-12(2,3)4)11-13(5,6)7;1-11(2,3)9-13(7,8)10-12(4,5)6/h1-8H3;1-7H3. The first kappa shape index (κ1) is 30.2. The van der Waals surface area contributed by atoms with Crippen molar-refractivity contribution in [2.45, 2.75) is 91.7 Å². The van der Waals surface area contributed by atoms with E-state index in [1.165, 1.54) is 6.55 Å². The molecular formula is C15H45FO5Si6. The Labute approximate surface area is 174 Å². The fourth-order valence-electron chi connectivity index (χ4n) is 2.33. The van der Waals surface area contributed by atoms with Crippen molar-refractivity contribution in [1.29, 1.82) is 0 Å². The lowest BCUT2D eigenvalue weighted by Crippen LogP contribution is -2.54. The normalized spacial score (nSPS) is 14.7. The molecule has 166 valence electrons. The van der Waals surface area contributed by atoms with Crippen molar-refractivity contribution >= 4 is 51.0 Å². The zero-order valence-electron chi connectivity index (χ0n) is 20.4. The number of hydrogen-bond donors (Lipinski definition) is 0. The van der Waals surface area contributed by atoms with Crippen LogP contribution >= 0.6 is 0 Å². The fourth-order valence-corrected chi connectivity index (χ4v) is 21.7. The molecule has 0 radical (unpaired) electrons. The molecule has 0 bridgehead atoms. The van der Waals surface area contributed by atoms with Crippen molar-refractivity contribution in [2.24, 2.45) is 0 Å². The van der Waals surface area contributed by atoms with Crippen LogP contribution in [0.3, 0.4) is 0 Å². The third-order valence-electron chi connectivity index (χ3n) is 2.33. The van der Waals surface area contributed by atoms with Crippen LogP contribution in [0.25, 0.3) is 0 Å². The first-order chi connectivity index (χ1) is 11.4. The van der Waals surface area contributed by atoms with Crippen molar-refractivity contribution < 1.29 is 25.0 Å². The third kappa shape index (κ3) is 21.6. The van der Waals surface area contributed by atoms with Crippen molar-refractivity contribution in [1.82, 2.24) is 0 Å². The van der Waals surface area contributed by atoms with Gasteiger partial charge in [0.15, 0.2) is 33.3 Å². The quantitative estimate of drug-likeness (QED) is 0.286. The average molecular weight is 493 g/mol. The van der Waals surface area contributed by atoms with Crippen molar-refractivity contribution in [3.8, 4) is 0 Å². The van der Waals surface area contributed by atoms with Crippen LogP contribution in [0.4, 0.5) is 4.11 Å². The molecule has 0 aliphatic carbocycles. The summed E-state index contributed by atoms with van der Waals surface area (Å²) in [5.74, 6) is 0. The Morgan fingerprint density at radius 3 is 0.815 bits per heavy atom. The number of hydrogen-bond acceptors (Lipinski definition) is 5. The Morgan fingerprint density at radius 2 is 0.667 bits per heavy atom. The molecule has 12 heteroatoms. The minimum Gasteiger partial charge on any atom is -0.417 e. The maximum atomic E-state index is 13.8. The van der Waals surface area contributed by atoms with E-state index in [1.807, 2.05) is 45.8 Å². The molecular weight excluding hydrogens is 448 g/mol. The van der Waals surface area contributed by atoms with Gasteiger partial charge in [-0.1, -0.05) is 0 Å². The van der Waals surface area contributed by atoms with E-state index in [-0.39, 0.29) is 0 Å². The predicted molar refractivity (Wildman–Crippen MR) is 129 cm³/mol. The number of rotatable bonds is 9. The van der Waals surface area contributed by atoms with E-state index in [1.54, 1.807) is 7.11 Å². The monoisotopic (exact) mass is 492 g/mol. The summed E-state index contributed by atoms with van der Waals surface area (Å²) < 4.78 is 42.2. The van der Waals surface area contributed by atoms with E-state index in [2.05, 4.69) is 39.3 Å². The molecule has 0 amide bonds. The van der Waals surface area contributed by atoms with Gasteiger partial charge in [0.25, 0.3) is 0 Å². The van der Waals surface area contributed by atoms with Gasteiger partial charge in [-0.15, -0.1) is 0 Å². The maximum absolute atomic E-state index is 13.8. The molecule has 0 aromatic rings. The second-order valence-corrected chi connectivity index (χ2v) is 34.7. The predicted octanol–water partition coefficient (Wildman–Crippen LogP) is 6.13. The molecule has 0 aromatic carbocycles. The highest BCUT2D eigenvalue weighted by atomic mass is 28.5. The zero-order valence-corrected chi connectivity index (χ0v) is 26.4. The Balaban J connectivity index is 0. The largest absolute Gasteiger partial charge is 0.516 e. The smallest absolute Gasteiger partial charge is 0.417 e. The molecule has 0 heterocycles. The van der Waals surface area contributed by atoms with E-state index in [9.17, 15) is 4.11 Å². The summed E-state index contributed by atoms with van der Waals surface area (Å²) in [6, 6.07) is 0. The molecule has 0 atom stereocenters. The summed E-state index contributed by atoms with van der Waals surface area (Å²) in [6.07, 6.45) is 0. The maximum Gasteiger partial charge on any atom is 0.516 e. The highest BCUT2D eigenvalue weighted by molar-refractivity contribution is 6.85. The second-order valence-electron chi connectivity index (χ2n) is 10.8. The fraction of sp³-hybridized carbons (Fsp3) is 1.00. The lowest BCUT2D eigenvalue weighted by Gasteiger charge is -2.36. The van der Waals surface area contributed by atoms with Crippen LogP contribution in [0, 0.1) is 0 Å². The summed E-state index contributed by atoms with van der Waals surface area (Å²) in [7, 11) is -10.8. The van der Waals surface area contributed by atoms with Crippen LogP contribution in [0.15, 0.2) is 0 Å². The van der Waals surface area contributed by atoms with Gasteiger partial charge in [-0.3, -0.25) is 0 Å². The van der Waals surface area contributed by atoms with Crippen molar-refractivity contribution in [2.75, 3.05) is 7.11 Å². The molecule has 0 saturated heterocycles. The van der Waals surface area contributed by atoms with Gasteiger partial charge in [-0.2, -0.15) is 0 Å². The molecule has 0 saturated carbocycles. The Morgan fingerprint density at radius 1 is 0.444 bits per heavy atom. The molecule has 0 aliphatic heterocycles. The lowest BCUT2D eigenvalue weighted by atomic mass is 11.8. The molecule has 5 nitrogen and oxygen atoms in total. The van der Waals surface area contributed by atoms with Crippen LogP contribution in [0.2, 0.25) is 91.7 Å². The van der Waals surface area contributed by atoms with Gasteiger partial charge in [0.05, 0.1) is 0 Å². The van der Waals surface area contributed by atoms with Gasteiger partial charge in [0.1, 0.15) is 0 Å². The van der Waals surface area contributed by atoms with Gasteiger partial charge < -0.3 is 20.9 Å². The van der Waals surface area contributed by atoms with Crippen LogP contribution < -0.4 is 0 Å². The minimum absolute atomic E-state index is 1.49. The molecule has 0 unspecified atom stereocenters. The van der Waals surface area contributed by atoms with Gasteiger partial charge >= 0.3 is 17.7 Å². The van der Waals surface area contributed by atoms with Crippen LogP contribution in [-0.4, -0.2) is 58.1 Å². The van der Waals surface area contributed by atoms with Gasteiger partial charge in [0, 0.05) is 20.2 Å².